The van der Waals surface area contributed by atoms with E-state index in [2.05, 4.69) is 85.0 Å². The van der Waals surface area contributed by atoms with Gasteiger partial charge in [0.2, 0.25) is 0 Å². The minimum Gasteiger partial charge on any atom is -0.0961 e. The van der Waals surface area contributed by atoms with Crippen LogP contribution in [0.1, 0.15) is 5.56 Å². The Bertz CT molecular complexity index is 864. The summed E-state index contributed by atoms with van der Waals surface area (Å²) in [7, 11) is 6.08. The zero-order chi connectivity index (χ0) is 16.8. The fourth-order valence-electron chi connectivity index (χ4n) is 5.10. The minimum absolute atomic E-state index is 0.442. The van der Waals surface area contributed by atoms with Crippen molar-refractivity contribution in [2.45, 2.75) is 0 Å². The maximum absolute atomic E-state index is 6.08. The highest BCUT2D eigenvalue weighted by Gasteiger charge is 2.43. The molecule has 0 spiro atoms. The Balaban J connectivity index is 1.65. The Morgan fingerprint density at radius 3 is 2.36 bits per heavy atom. The van der Waals surface area contributed by atoms with E-state index in [-0.39, 0.29) is 0 Å². The molecule has 0 heterocycles. The van der Waals surface area contributed by atoms with Crippen molar-refractivity contribution in [3.8, 4) is 0 Å². The molecule has 25 heavy (non-hydrogen) atoms. The zero-order valence-electron chi connectivity index (χ0n) is 14.2. The zero-order valence-corrected chi connectivity index (χ0v) is 14.2. The molecule has 4 aliphatic rings. The molecule has 0 saturated heterocycles. The summed E-state index contributed by atoms with van der Waals surface area (Å²) < 4.78 is 0. The molecule has 1 aromatic carbocycles. The second kappa shape index (κ2) is 5.91. The second-order valence-corrected chi connectivity index (χ2v) is 7.58. The van der Waals surface area contributed by atoms with E-state index in [0.717, 1.165) is 5.46 Å². The fourth-order valence-corrected chi connectivity index (χ4v) is 5.10. The van der Waals surface area contributed by atoms with Gasteiger partial charge in [0, 0.05) is 11.8 Å². The van der Waals surface area contributed by atoms with Gasteiger partial charge in [0.15, 0.2) is 0 Å². The van der Waals surface area contributed by atoms with Crippen molar-refractivity contribution in [3.05, 3.63) is 96.7 Å². The molecule has 0 nitrogen and oxygen atoms in total. The van der Waals surface area contributed by atoms with E-state index in [1.807, 2.05) is 6.07 Å². The molecule has 120 valence electrons. The van der Waals surface area contributed by atoms with Gasteiger partial charge in [-0.2, -0.15) is 0 Å². The summed E-state index contributed by atoms with van der Waals surface area (Å²) in [6, 6.07) is 8.38. The number of benzene rings is 1. The van der Waals surface area contributed by atoms with Crippen LogP contribution in [0, 0.1) is 35.5 Å². The topological polar surface area (TPSA) is 0 Å². The van der Waals surface area contributed by atoms with Gasteiger partial charge in [0.05, 0.1) is 0 Å². The van der Waals surface area contributed by atoms with Crippen LogP contribution in [0.25, 0.3) is 5.57 Å². The van der Waals surface area contributed by atoms with E-state index < -0.39 is 0 Å². The number of hydrogen-bond acceptors (Lipinski definition) is 0. The molecule has 0 saturated carbocycles. The highest BCUT2D eigenvalue weighted by molar-refractivity contribution is 6.32. The van der Waals surface area contributed by atoms with E-state index in [4.69, 9.17) is 7.85 Å². The van der Waals surface area contributed by atoms with Crippen LogP contribution in [0.15, 0.2) is 91.1 Å². The molecule has 5 rings (SSSR count). The van der Waals surface area contributed by atoms with Gasteiger partial charge >= 0.3 is 0 Å². The van der Waals surface area contributed by atoms with E-state index in [1.54, 1.807) is 0 Å². The molecule has 6 unspecified atom stereocenters. The van der Waals surface area contributed by atoms with Crippen molar-refractivity contribution in [1.29, 1.82) is 0 Å². The summed E-state index contributed by atoms with van der Waals surface area (Å²) in [4.78, 5) is 0. The number of fused-ring (bicyclic) bond motifs is 5. The first-order valence-electron chi connectivity index (χ1n) is 9.27. The Hall–Kier alpha value is -2.28. The summed E-state index contributed by atoms with van der Waals surface area (Å²) >= 11 is 0. The third-order valence-electron chi connectivity index (χ3n) is 6.24. The van der Waals surface area contributed by atoms with E-state index in [0.29, 0.717) is 35.5 Å². The van der Waals surface area contributed by atoms with Crippen LogP contribution in [0.4, 0.5) is 0 Å². The second-order valence-electron chi connectivity index (χ2n) is 7.58. The molecule has 6 atom stereocenters. The first-order chi connectivity index (χ1) is 12.3. The molecule has 0 bridgehead atoms. The summed E-state index contributed by atoms with van der Waals surface area (Å²) in [6.07, 6.45) is 25.8. The molecule has 0 N–H and O–H groups in total. The monoisotopic (exact) mass is 320 g/mol. The quantitative estimate of drug-likeness (QED) is 0.531. The maximum atomic E-state index is 6.08. The largest absolute Gasteiger partial charge is 0.113 e. The van der Waals surface area contributed by atoms with Gasteiger partial charge in [-0.25, -0.2) is 0 Å². The Morgan fingerprint density at radius 2 is 1.48 bits per heavy atom. The van der Waals surface area contributed by atoms with Crippen LogP contribution in [0.5, 0.6) is 0 Å². The van der Waals surface area contributed by atoms with Crippen LogP contribution in [0.2, 0.25) is 0 Å². The molecule has 0 aliphatic heterocycles. The van der Waals surface area contributed by atoms with Crippen molar-refractivity contribution in [3.63, 3.8) is 0 Å². The number of allylic oxidation sites excluding steroid dienone is 12. The summed E-state index contributed by atoms with van der Waals surface area (Å²) in [6.45, 7) is 0. The summed E-state index contributed by atoms with van der Waals surface area (Å²) in [5.74, 6) is 3.20. The lowest BCUT2D eigenvalue weighted by Crippen LogP contribution is -2.39. The van der Waals surface area contributed by atoms with Gasteiger partial charge in [0.1, 0.15) is 7.85 Å². The molecule has 1 aromatic rings. The molecule has 1 heteroatoms. The smallest absolute Gasteiger partial charge is 0.0961 e. The van der Waals surface area contributed by atoms with Gasteiger partial charge in [-0.05, 0) is 34.8 Å². The third kappa shape index (κ3) is 2.45. The van der Waals surface area contributed by atoms with Crippen LogP contribution >= 0.6 is 0 Å². The Morgan fingerprint density at radius 1 is 0.680 bits per heavy atom. The standard InChI is InChI=1S/C24H21B/c25-18-8-5-7-17(14-18)23-15-24-19-9-2-1-6-16(19)12-13-22(24)20-10-3-4-11-21(20)23/h1-16,19-22,24H. The highest BCUT2D eigenvalue weighted by atomic mass is 14.5. The average molecular weight is 320 g/mol. The van der Waals surface area contributed by atoms with E-state index >= 15 is 0 Å². The van der Waals surface area contributed by atoms with Gasteiger partial charge in [0.25, 0.3) is 0 Å². The third-order valence-corrected chi connectivity index (χ3v) is 6.24. The normalized spacial score (nSPS) is 37.2. The molecule has 0 fully saturated rings. The van der Waals surface area contributed by atoms with Gasteiger partial charge in [-0.1, -0.05) is 96.6 Å². The van der Waals surface area contributed by atoms with Crippen molar-refractivity contribution in [2.24, 2.45) is 35.5 Å². The molecule has 0 amide bonds. The lowest BCUT2D eigenvalue weighted by atomic mass is 9.57. The molecular weight excluding hydrogens is 299 g/mol. The molecule has 2 radical (unpaired) electrons. The van der Waals surface area contributed by atoms with Crippen LogP contribution in [0.3, 0.4) is 0 Å². The maximum Gasteiger partial charge on any atom is 0.113 e. The van der Waals surface area contributed by atoms with Gasteiger partial charge in [-0.3, -0.25) is 0 Å². The predicted molar refractivity (Wildman–Crippen MR) is 106 cm³/mol. The van der Waals surface area contributed by atoms with E-state index in [9.17, 15) is 0 Å². The predicted octanol–water partition coefficient (Wildman–Crippen LogP) is 4.40. The summed E-state index contributed by atoms with van der Waals surface area (Å²) in [5.41, 5.74) is 3.56. The van der Waals surface area contributed by atoms with Gasteiger partial charge < -0.3 is 0 Å². The first-order valence-corrected chi connectivity index (χ1v) is 9.27. The van der Waals surface area contributed by atoms with Crippen LogP contribution in [-0.2, 0) is 0 Å². The lowest BCUT2D eigenvalue weighted by Gasteiger charge is -2.46. The van der Waals surface area contributed by atoms with Crippen molar-refractivity contribution in [1.82, 2.24) is 0 Å². The van der Waals surface area contributed by atoms with Crippen molar-refractivity contribution in [2.75, 3.05) is 0 Å². The minimum atomic E-state index is 0.442. The highest BCUT2D eigenvalue weighted by Crippen LogP contribution is 2.51. The van der Waals surface area contributed by atoms with Crippen LogP contribution in [-0.4, -0.2) is 7.85 Å². The van der Waals surface area contributed by atoms with Crippen LogP contribution < -0.4 is 5.46 Å². The lowest BCUT2D eigenvalue weighted by molar-refractivity contribution is 0.236. The molecule has 4 aliphatic carbocycles. The average Bonchev–Trinajstić information content (AvgIpc) is 2.67. The first kappa shape index (κ1) is 15.0. The Labute approximate surface area is 151 Å². The fraction of sp³-hybridized carbons (Fsp3) is 0.250. The SMILES string of the molecule is [B]c1cccc(C2=CC3C4C=CC=CC4C=CC3C3C=CC=CC23)c1. The van der Waals surface area contributed by atoms with Gasteiger partial charge in [-0.15, -0.1) is 0 Å². The summed E-state index contributed by atoms with van der Waals surface area (Å²) in [5, 5.41) is 0. The number of hydrogen-bond donors (Lipinski definition) is 0. The van der Waals surface area contributed by atoms with E-state index in [1.165, 1.54) is 11.1 Å². The van der Waals surface area contributed by atoms with Crippen molar-refractivity contribution < 1.29 is 0 Å². The number of rotatable bonds is 1. The molecular formula is C24H21B. The Kier molecular flexibility index (Phi) is 3.55. The molecule has 0 aromatic heterocycles. The van der Waals surface area contributed by atoms with Crippen molar-refractivity contribution >= 4 is 18.9 Å².